The molecule has 1 aliphatic carbocycles. The van der Waals surface area contributed by atoms with Gasteiger partial charge in [0.15, 0.2) is 5.96 Å². The van der Waals surface area contributed by atoms with Gasteiger partial charge < -0.3 is 10.6 Å². The molecule has 0 bridgehead atoms. The standard InChI is InChI=1S/C13H27N3.HI/c1-5-14-12(16-11(2)3)15-10-13(4)8-6-7-9-13;/h11H,5-10H2,1-4H3,(H2,14,15,16);1H. The predicted molar refractivity (Wildman–Crippen MR) is 86.2 cm³/mol. The molecule has 0 radical (unpaired) electrons. The molecule has 1 aliphatic rings. The second kappa shape index (κ2) is 8.16. The number of nitrogens with zero attached hydrogens (tertiary/aromatic N) is 1. The van der Waals surface area contributed by atoms with E-state index in [0.29, 0.717) is 11.5 Å². The van der Waals surface area contributed by atoms with E-state index < -0.39 is 0 Å². The molecule has 2 N–H and O–H groups in total. The number of rotatable bonds is 4. The van der Waals surface area contributed by atoms with Crippen LogP contribution < -0.4 is 10.6 Å². The lowest BCUT2D eigenvalue weighted by Gasteiger charge is -2.22. The molecular weight excluding hydrogens is 325 g/mol. The van der Waals surface area contributed by atoms with Crippen LogP contribution in [0.3, 0.4) is 0 Å². The van der Waals surface area contributed by atoms with Crippen LogP contribution in [-0.2, 0) is 0 Å². The average Bonchev–Trinajstić information content (AvgIpc) is 2.62. The second-order valence-electron chi connectivity index (χ2n) is 5.51. The van der Waals surface area contributed by atoms with Crippen LogP contribution in [0.4, 0.5) is 0 Å². The lowest BCUT2D eigenvalue weighted by atomic mass is 9.89. The summed E-state index contributed by atoms with van der Waals surface area (Å²) in [6.45, 7) is 10.6. The molecule has 0 aromatic rings. The largest absolute Gasteiger partial charge is 0.357 e. The smallest absolute Gasteiger partial charge is 0.191 e. The van der Waals surface area contributed by atoms with Gasteiger partial charge in [-0.3, -0.25) is 4.99 Å². The Balaban J connectivity index is 0.00000256. The third kappa shape index (κ3) is 6.48. The predicted octanol–water partition coefficient (Wildman–Crippen LogP) is 3.15. The molecule has 0 amide bonds. The zero-order valence-electron chi connectivity index (χ0n) is 11.7. The number of nitrogens with one attached hydrogen (secondary N) is 2. The first-order chi connectivity index (χ1) is 7.56. The van der Waals surface area contributed by atoms with Gasteiger partial charge in [-0.25, -0.2) is 0 Å². The Morgan fingerprint density at radius 2 is 1.88 bits per heavy atom. The van der Waals surface area contributed by atoms with Gasteiger partial charge in [0, 0.05) is 19.1 Å². The SMILES string of the molecule is CCNC(=NCC1(C)CCCC1)NC(C)C.I. The Labute approximate surface area is 123 Å². The first-order valence-electron chi connectivity index (χ1n) is 6.60. The summed E-state index contributed by atoms with van der Waals surface area (Å²) in [4.78, 5) is 4.70. The third-order valence-corrected chi connectivity index (χ3v) is 3.20. The third-order valence-electron chi connectivity index (χ3n) is 3.20. The van der Waals surface area contributed by atoms with Crippen molar-refractivity contribution in [2.45, 2.75) is 59.4 Å². The molecular formula is C13H28IN3. The van der Waals surface area contributed by atoms with Crippen LogP contribution in [0.5, 0.6) is 0 Å². The molecule has 0 spiro atoms. The summed E-state index contributed by atoms with van der Waals surface area (Å²) in [5, 5.41) is 6.65. The van der Waals surface area contributed by atoms with Gasteiger partial charge in [0.05, 0.1) is 0 Å². The van der Waals surface area contributed by atoms with Gasteiger partial charge in [-0.2, -0.15) is 0 Å². The Morgan fingerprint density at radius 1 is 1.29 bits per heavy atom. The molecule has 0 aliphatic heterocycles. The summed E-state index contributed by atoms with van der Waals surface area (Å²) in [5.41, 5.74) is 0.444. The van der Waals surface area contributed by atoms with Crippen molar-refractivity contribution in [1.29, 1.82) is 0 Å². The number of hydrogen-bond donors (Lipinski definition) is 2. The number of guanidine groups is 1. The molecule has 4 heteroatoms. The maximum atomic E-state index is 4.70. The molecule has 0 heterocycles. The Bertz CT molecular complexity index is 233. The van der Waals surface area contributed by atoms with E-state index in [0.717, 1.165) is 19.0 Å². The fraction of sp³-hybridized carbons (Fsp3) is 0.923. The molecule has 0 aromatic carbocycles. The molecule has 1 fully saturated rings. The average molecular weight is 353 g/mol. The van der Waals surface area contributed by atoms with Crippen LogP contribution in [0.1, 0.15) is 53.4 Å². The zero-order valence-corrected chi connectivity index (χ0v) is 14.0. The Kier molecular flexibility index (Phi) is 8.16. The normalized spacial score (nSPS) is 19.0. The van der Waals surface area contributed by atoms with Crippen LogP contribution >= 0.6 is 24.0 Å². The second-order valence-corrected chi connectivity index (χ2v) is 5.51. The van der Waals surface area contributed by atoms with Crippen LogP contribution in [0.25, 0.3) is 0 Å². The Hall–Kier alpha value is 0. The van der Waals surface area contributed by atoms with Gasteiger partial charge in [0.1, 0.15) is 0 Å². The van der Waals surface area contributed by atoms with Crippen molar-refractivity contribution in [3.8, 4) is 0 Å². The quantitative estimate of drug-likeness (QED) is 0.463. The first kappa shape index (κ1) is 17.0. The van der Waals surface area contributed by atoms with Crippen LogP contribution in [0.15, 0.2) is 4.99 Å². The molecule has 1 saturated carbocycles. The fourth-order valence-corrected chi connectivity index (χ4v) is 2.25. The van der Waals surface area contributed by atoms with E-state index in [2.05, 4.69) is 38.3 Å². The molecule has 1 rings (SSSR count). The van der Waals surface area contributed by atoms with Gasteiger partial charge in [0.2, 0.25) is 0 Å². The Morgan fingerprint density at radius 3 is 2.35 bits per heavy atom. The van der Waals surface area contributed by atoms with Crippen LogP contribution in [0, 0.1) is 5.41 Å². The molecule has 0 atom stereocenters. The summed E-state index contributed by atoms with van der Waals surface area (Å²) in [6.07, 6.45) is 5.41. The van der Waals surface area contributed by atoms with Gasteiger partial charge in [-0.15, -0.1) is 24.0 Å². The highest BCUT2D eigenvalue weighted by molar-refractivity contribution is 14.0. The van der Waals surface area contributed by atoms with E-state index >= 15 is 0 Å². The highest BCUT2D eigenvalue weighted by atomic mass is 127. The van der Waals surface area contributed by atoms with E-state index in [1.54, 1.807) is 0 Å². The summed E-state index contributed by atoms with van der Waals surface area (Å²) in [7, 11) is 0. The van der Waals surface area contributed by atoms with Crippen LogP contribution in [0.2, 0.25) is 0 Å². The van der Waals surface area contributed by atoms with Crippen molar-refractivity contribution in [2.24, 2.45) is 10.4 Å². The van der Waals surface area contributed by atoms with Gasteiger partial charge in [0.25, 0.3) is 0 Å². The number of hydrogen-bond acceptors (Lipinski definition) is 1. The molecule has 3 nitrogen and oxygen atoms in total. The van der Waals surface area contributed by atoms with E-state index in [4.69, 9.17) is 4.99 Å². The van der Waals surface area contributed by atoms with Crippen molar-refractivity contribution in [3.05, 3.63) is 0 Å². The van der Waals surface area contributed by atoms with Crippen molar-refractivity contribution in [2.75, 3.05) is 13.1 Å². The summed E-state index contributed by atoms with van der Waals surface area (Å²) in [6, 6.07) is 0.439. The monoisotopic (exact) mass is 353 g/mol. The lowest BCUT2D eigenvalue weighted by molar-refractivity contribution is 0.350. The van der Waals surface area contributed by atoms with E-state index in [1.165, 1.54) is 25.7 Å². The van der Waals surface area contributed by atoms with Crippen molar-refractivity contribution in [1.82, 2.24) is 10.6 Å². The van der Waals surface area contributed by atoms with Crippen molar-refractivity contribution >= 4 is 29.9 Å². The zero-order chi connectivity index (χ0) is 12.0. The van der Waals surface area contributed by atoms with Gasteiger partial charge in [-0.1, -0.05) is 19.8 Å². The minimum atomic E-state index is 0. The minimum absolute atomic E-state index is 0. The maximum absolute atomic E-state index is 4.70. The van der Waals surface area contributed by atoms with Crippen molar-refractivity contribution < 1.29 is 0 Å². The molecule has 0 aromatic heterocycles. The fourth-order valence-electron chi connectivity index (χ4n) is 2.25. The van der Waals surface area contributed by atoms with Crippen LogP contribution in [-0.4, -0.2) is 25.1 Å². The summed E-state index contributed by atoms with van der Waals surface area (Å²) < 4.78 is 0. The highest BCUT2D eigenvalue weighted by Gasteiger charge is 2.28. The van der Waals surface area contributed by atoms with Gasteiger partial charge >= 0.3 is 0 Å². The van der Waals surface area contributed by atoms with E-state index in [9.17, 15) is 0 Å². The van der Waals surface area contributed by atoms with Crippen molar-refractivity contribution in [3.63, 3.8) is 0 Å². The van der Waals surface area contributed by atoms with E-state index in [1.807, 2.05) is 0 Å². The highest BCUT2D eigenvalue weighted by Crippen LogP contribution is 2.37. The molecule has 17 heavy (non-hydrogen) atoms. The summed E-state index contributed by atoms with van der Waals surface area (Å²) in [5.74, 6) is 0.964. The topological polar surface area (TPSA) is 36.4 Å². The summed E-state index contributed by atoms with van der Waals surface area (Å²) >= 11 is 0. The molecule has 0 saturated heterocycles. The molecule has 0 unspecified atom stereocenters. The van der Waals surface area contributed by atoms with Gasteiger partial charge in [-0.05, 0) is 39.0 Å². The minimum Gasteiger partial charge on any atom is -0.357 e. The van der Waals surface area contributed by atoms with E-state index in [-0.39, 0.29) is 24.0 Å². The first-order valence-corrected chi connectivity index (χ1v) is 6.60. The number of halogens is 1. The maximum Gasteiger partial charge on any atom is 0.191 e. The molecule has 102 valence electrons. The lowest BCUT2D eigenvalue weighted by Crippen LogP contribution is -2.41. The number of aliphatic imine (C=N–C) groups is 1.